The Labute approximate surface area is 110 Å². The van der Waals surface area contributed by atoms with Crippen LogP contribution in [0.2, 0.25) is 5.02 Å². The molecule has 0 spiro atoms. The number of thiazole rings is 1. The predicted octanol–water partition coefficient (Wildman–Crippen LogP) is 3.64. The molecule has 1 atom stereocenters. The lowest BCUT2D eigenvalue weighted by Gasteiger charge is -2.16. The van der Waals surface area contributed by atoms with E-state index in [2.05, 4.69) is 16.4 Å². The molecule has 2 nitrogen and oxygen atoms in total. The largest absolute Gasteiger partial charge is 0.301 e. The number of halogens is 1. The summed E-state index contributed by atoms with van der Waals surface area (Å²) < 4.78 is 0. The third-order valence-electron chi connectivity index (χ3n) is 2.86. The monoisotopic (exact) mass is 264 g/mol. The number of benzene rings is 1. The Kier molecular flexibility index (Phi) is 3.14. The van der Waals surface area contributed by atoms with Gasteiger partial charge >= 0.3 is 0 Å². The first-order chi connectivity index (χ1) is 8.33. The maximum absolute atomic E-state index is 6.06. The van der Waals surface area contributed by atoms with Crippen LogP contribution in [0.5, 0.6) is 0 Å². The Morgan fingerprint density at radius 1 is 1.41 bits per heavy atom. The quantitative estimate of drug-likeness (QED) is 0.912. The van der Waals surface area contributed by atoms with Gasteiger partial charge in [-0.25, -0.2) is 4.98 Å². The molecule has 2 aromatic rings. The van der Waals surface area contributed by atoms with Crippen molar-refractivity contribution in [2.75, 3.05) is 0 Å². The molecule has 1 aliphatic rings. The number of rotatable bonds is 4. The molecule has 17 heavy (non-hydrogen) atoms. The Bertz CT molecular complexity index is 494. The van der Waals surface area contributed by atoms with Crippen molar-refractivity contribution >= 4 is 22.9 Å². The maximum atomic E-state index is 6.06. The van der Waals surface area contributed by atoms with E-state index in [0.29, 0.717) is 6.04 Å². The van der Waals surface area contributed by atoms with Crippen molar-refractivity contribution in [2.45, 2.75) is 24.9 Å². The van der Waals surface area contributed by atoms with Gasteiger partial charge < -0.3 is 5.32 Å². The highest BCUT2D eigenvalue weighted by Crippen LogP contribution is 2.30. The van der Waals surface area contributed by atoms with Crippen LogP contribution in [0.1, 0.15) is 29.5 Å². The van der Waals surface area contributed by atoms with Crippen molar-refractivity contribution in [1.29, 1.82) is 0 Å². The van der Waals surface area contributed by atoms with E-state index in [1.54, 1.807) is 11.3 Å². The highest BCUT2D eigenvalue weighted by Gasteiger charge is 2.27. The lowest BCUT2D eigenvalue weighted by atomic mass is 10.1. The predicted molar refractivity (Wildman–Crippen MR) is 71.6 cm³/mol. The van der Waals surface area contributed by atoms with Gasteiger partial charge in [0, 0.05) is 22.6 Å². The fourth-order valence-corrected chi connectivity index (χ4v) is 2.78. The van der Waals surface area contributed by atoms with Gasteiger partial charge in [-0.2, -0.15) is 0 Å². The summed E-state index contributed by atoms with van der Waals surface area (Å²) in [5, 5.41) is 7.53. The molecule has 1 fully saturated rings. The molecule has 1 aromatic heterocycles. The molecule has 88 valence electrons. The smallest absolute Gasteiger partial charge is 0.114 e. The Morgan fingerprint density at radius 2 is 2.29 bits per heavy atom. The van der Waals surface area contributed by atoms with Crippen LogP contribution in [-0.4, -0.2) is 11.0 Å². The summed E-state index contributed by atoms with van der Waals surface area (Å²) in [7, 11) is 0. The molecule has 3 rings (SSSR count). The molecule has 4 heteroatoms. The van der Waals surface area contributed by atoms with E-state index in [-0.39, 0.29) is 6.04 Å². The standard InChI is InChI=1S/C13H13ClN2S/c14-10-3-1-2-9(8-10)12(16-11-4-5-11)13-15-6-7-17-13/h1-3,6-8,11-12,16H,4-5H2. The molecule has 0 saturated heterocycles. The van der Waals surface area contributed by atoms with E-state index in [9.17, 15) is 0 Å². The lowest BCUT2D eigenvalue weighted by Crippen LogP contribution is -2.24. The molecular weight excluding hydrogens is 252 g/mol. The maximum Gasteiger partial charge on any atom is 0.114 e. The lowest BCUT2D eigenvalue weighted by molar-refractivity contribution is 0.598. The molecule has 1 N–H and O–H groups in total. The van der Waals surface area contributed by atoms with Crippen LogP contribution in [0.15, 0.2) is 35.8 Å². The molecular formula is C13H13ClN2S. The highest BCUT2D eigenvalue weighted by atomic mass is 35.5. The van der Waals surface area contributed by atoms with Crippen molar-refractivity contribution in [1.82, 2.24) is 10.3 Å². The molecule has 1 saturated carbocycles. The van der Waals surface area contributed by atoms with Gasteiger partial charge in [-0.3, -0.25) is 0 Å². The molecule has 1 heterocycles. The second-order valence-corrected chi connectivity index (χ2v) is 5.66. The summed E-state index contributed by atoms with van der Waals surface area (Å²) in [5.74, 6) is 0. The third-order valence-corrected chi connectivity index (χ3v) is 3.94. The average Bonchev–Trinajstić information content (AvgIpc) is 2.99. The first-order valence-electron chi connectivity index (χ1n) is 5.74. The highest BCUT2D eigenvalue weighted by molar-refractivity contribution is 7.09. The number of aromatic nitrogens is 1. The van der Waals surface area contributed by atoms with Gasteiger partial charge in [-0.1, -0.05) is 23.7 Å². The van der Waals surface area contributed by atoms with Gasteiger partial charge in [-0.05, 0) is 30.5 Å². The fourth-order valence-electron chi connectivity index (χ4n) is 1.86. The summed E-state index contributed by atoms with van der Waals surface area (Å²) in [4.78, 5) is 4.42. The van der Waals surface area contributed by atoms with E-state index in [1.807, 2.05) is 29.8 Å². The number of hydrogen-bond acceptors (Lipinski definition) is 3. The summed E-state index contributed by atoms with van der Waals surface area (Å²) in [6.45, 7) is 0. The zero-order valence-electron chi connectivity index (χ0n) is 9.27. The van der Waals surface area contributed by atoms with Crippen molar-refractivity contribution in [3.05, 3.63) is 51.4 Å². The van der Waals surface area contributed by atoms with Crippen LogP contribution in [0.4, 0.5) is 0 Å². The minimum Gasteiger partial charge on any atom is -0.301 e. The molecule has 1 unspecified atom stereocenters. The Morgan fingerprint density at radius 3 is 2.94 bits per heavy atom. The average molecular weight is 265 g/mol. The minimum absolute atomic E-state index is 0.182. The molecule has 0 radical (unpaired) electrons. The van der Waals surface area contributed by atoms with Gasteiger partial charge in [0.05, 0.1) is 6.04 Å². The number of nitrogens with one attached hydrogen (secondary N) is 1. The van der Waals surface area contributed by atoms with Crippen molar-refractivity contribution in [3.63, 3.8) is 0 Å². The van der Waals surface area contributed by atoms with Gasteiger partial charge in [0.2, 0.25) is 0 Å². The van der Waals surface area contributed by atoms with Crippen LogP contribution >= 0.6 is 22.9 Å². The van der Waals surface area contributed by atoms with Gasteiger partial charge in [0.15, 0.2) is 0 Å². The number of nitrogens with zero attached hydrogens (tertiary/aromatic N) is 1. The van der Waals surface area contributed by atoms with Crippen LogP contribution in [0.25, 0.3) is 0 Å². The van der Waals surface area contributed by atoms with Crippen LogP contribution in [-0.2, 0) is 0 Å². The fraction of sp³-hybridized carbons (Fsp3) is 0.308. The van der Waals surface area contributed by atoms with E-state index in [1.165, 1.54) is 18.4 Å². The van der Waals surface area contributed by atoms with Crippen molar-refractivity contribution in [3.8, 4) is 0 Å². The topological polar surface area (TPSA) is 24.9 Å². The van der Waals surface area contributed by atoms with Crippen LogP contribution in [0.3, 0.4) is 0 Å². The van der Waals surface area contributed by atoms with Crippen molar-refractivity contribution in [2.24, 2.45) is 0 Å². The molecule has 0 aliphatic heterocycles. The van der Waals surface area contributed by atoms with E-state index in [4.69, 9.17) is 11.6 Å². The van der Waals surface area contributed by atoms with Gasteiger partial charge in [0.1, 0.15) is 5.01 Å². The normalized spacial score (nSPS) is 17.0. The Hall–Kier alpha value is -0.900. The van der Waals surface area contributed by atoms with Gasteiger partial charge in [0.25, 0.3) is 0 Å². The van der Waals surface area contributed by atoms with Gasteiger partial charge in [-0.15, -0.1) is 11.3 Å². The van der Waals surface area contributed by atoms with Crippen LogP contribution < -0.4 is 5.32 Å². The minimum atomic E-state index is 0.182. The molecule has 0 amide bonds. The summed E-state index contributed by atoms with van der Waals surface area (Å²) in [6.07, 6.45) is 4.39. The van der Waals surface area contributed by atoms with E-state index in [0.717, 1.165) is 10.0 Å². The molecule has 1 aromatic carbocycles. The third kappa shape index (κ3) is 2.68. The zero-order valence-corrected chi connectivity index (χ0v) is 10.8. The summed E-state index contributed by atoms with van der Waals surface area (Å²) >= 11 is 7.74. The second kappa shape index (κ2) is 4.77. The first-order valence-corrected chi connectivity index (χ1v) is 6.99. The van der Waals surface area contributed by atoms with Crippen molar-refractivity contribution < 1.29 is 0 Å². The Balaban J connectivity index is 1.92. The van der Waals surface area contributed by atoms with E-state index < -0.39 is 0 Å². The van der Waals surface area contributed by atoms with Crippen LogP contribution in [0, 0.1) is 0 Å². The molecule has 1 aliphatic carbocycles. The number of hydrogen-bond donors (Lipinski definition) is 1. The summed E-state index contributed by atoms with van der Waals surface area (Å²) in [5.41, 5.74) is 1.19. The molecule has 0 bridgehead atoms. The van der Waals surface area contributed by atoms with E-state index >= 15 is 0 Å². The summed E-state index contributed by atoms with van der Waals surface area (Å²) in [6, 6.07) is 8.84. The second-order valence-electron chi connectivity index (χ2n) is 4.30. The zero-order chi connectivity index (χ0) is 11.7. The first kappa shape index (κ1) is 11.2. The SMILES string of the molecule is Clc1cccc(C(NC2CC2)c2nccs2)c1.